The first-order chi connectivity index (χ1) is 7.56. The molecule has 0 saturated carbocycles. The molecule has 3 heteroatoms. The van der Waals surface area contributed by atoms with Crippen LogP contribution in [0.15, 0.2) is 24.3 Å². The smallest absolute Gasteiger partial charge is 0.254 e. The number of rotatable bonds is 4. The molecule has 2 N–H and O–H groups in total. The van der Waals surface area contributed by atoms with Crippen LogP contribution >= 0.6 is 0 Å². The summed E-state index contributed by atoms with van der Waals surface area (Å²) in [7, 11) is 0. The minimum atomic E-state index is 0.0594. The molecule has 0 aromatic heterocycles. The zero-order chi connectivity index (χ0) is 12.1. The van der Waals surface area contributed by atoms with Crippen LogP contribution in [0, 0.1) is 6.92 Å². The van der Waals surface area contributed by atoms with Crippen molar-refractivity contribution in [3.63, 3.8) is 0 Å². The normalized spacial score (nSPS) is 10.6. The summed E-state index contributed by atoms with van der Waals surface area (Å²) in [5.41, 5.74) is 7.36. The van der Waals surface area contributed by atoms with Gasteiger partial charge in [-0.15, -0.1) is 0 Å². The van der Waals surface area contributed by atoms with E-state index in [9.17, 15) is 4.79 Å². The summed E-state index contributed by atoms with van der Waals surface area (Å²) in [4.78, 5) is 14.0. The molecular weight excluding hydrogens is 200 g/mol. The van der Waals surface area contributed by atoms with Gasteiger partial charge in [0, 0.05) is 24.7 Å². The number of aryl methyl sites for hydroxylation is 1. The topological polar surface area (TPSA) is 46.3 Å². The standard InChI is InChI=1S/C13H20N2O/c1-10(2)15(8-7-14)13(16)12-6-4-5-11(3)9-12/h4-6,9-10H,7-8,14H2,1-3H3. The summed E-state index contributed by atoms with van der Waals surface area (Å²) in [6.45, 7) is 7.09. The van der Waals surface area contributed by atoms with Crippen LogP contribution in [0.25, 0.3) is 0 Å². The van der Waals surface area contributed by atoms with Gasteiger partial charge in [-0.2, -0.15) is 0 Å². The summed E-state index contributed by atoms with van der Waals surface area (Å²) in [5.74, 6) is 0.0594. The number of amides is 1. The van der Waals surface area contributed by atoms with Crippen LogP contribution in [0.3, 0.4) is 0 Å². The lowest BCUT2D eigenvalue weighted by molar-refractivity contribution is 0.0712. The van der Waals surface area contributed by atoms with Crippen LogP contribution < -0.4 is 5.73 Å². The van der Waals surface area contributed by atoms with Gasteiger partial charge >= 0.3 is 0 Å². The van der Waals surface area contributed by atoms with Crippen LogP contribution in [0.1, 0.15) is 29.8 Å². The maximum atomic E-state index is 12.2. The van der Waals surface area contributed by atoms with E-state index in [0.29, 0.717) is 13.1 Å². The molecule has 0 radical (unpaired) electrons. The molecule has 0 aliphatic carbocycles. The molecule has 0 bridgehead atoms. The Hall–Kier alpha value is -1.35. The van der Waals surface area contributed by atoms with Gasteiger partial charge in [-0.05, 0) is 32.9 Å². The Morgan fingerprint density at radius 1 is 1.44 bits per heavy atom. The molecule has 1 aromatic rings. The average Bonchev–Trinajstić information content (AvgIpc) is 2.24. The molecule has 0 heterocycles. The van der Waals surface area contributed by atoms with E-state index in [0.717, 1.165) is 11.1 Å². The molecular formula is C13H20N2O. The van der Waals surface area contributed by atoms with Gasteiger partial charge in [-0.25, -0.2) is 0 Å². The molecule has 1 aromatic carbocycles. The van der Waals surface area contributed by atoms with Gasteiger partial charge in [0.1, 0.15) is 0 Å². The number of hydrogen-bond donors (Lipinski definition) is 1. The predicted octanol–water partition coefficient (Wildman–Crippen LogP) is 1.80. The zero-order valence-electron chi connectivity index (χ0n) is 10.2. The third-order valence-corrected chi connectivity index (χ3v) is 2.52. The maximum absolute atomic E-state index is 12.2. The van der Waals surface area contributed by atoms with Gasteiger partial charge in [0.15, 0.2) is 0 Å². The molecule has 0 spiro atoms. The minimum absolute atomic E-state index is 0.0594. The lowest BCUT2D eigenvalue weighted by Gasteiger charge is -2.26. The van der Waals surface area contributed by atoms with Crippen molar-refractivity contribution in [3.8, 4) is 0 Å². The van der Waals surface area contributed by atoms with Crippen LogP contribution in [0.5, 0.6) is 0 Å². The van der Waals surface area contributed by atoms with E-state index in [-0.39, 0.29) is 11.9 Å². The van der Waals surface area contributed by atoms with Gasteiger partial charge in [0.2, 0.25) is 0 Å². The van der Waals surface area contributed by atoms with E-state index in [1.54, 1.807) is 4.90 Å². The van der Waals surface area contributed by atoms with Crippen molar-refractivity contribution in [2.45, 2.75) is 26.8 Å². The molecule has 0 fully saturated rings. The van der Waals surface area contributed by atoms with Crippen molar-refractivity contribution in [1.29, 1.82) is 0 Å². The summed E-state index contributed by atoms with van der Waals surface area (Å²) in [5, 5.41) is 0. The molecule has 16 heavy (non-hydrogen) atoms. The highest BCUT2D eigenvalue weighted by Crippen LogP contribution is 2.10. The fourth-order valence-corrected chi connectivity index (χ4v) is 1.68. The molecule has 0 saturated heterocycles. The maximum Gasteiger partial charge on any atom is 0.254 e. The number of hydrogen-bond acceptors (Lipinski definition) is 2. The minimum Gasteiger partial charge on any atom is -0.335 e. The third-order valence-electron chi connectivity index (χ3n) is 2.52. The van der Waals surface area contributed by atoms with Crippen molar-refractivity contribution in [3.05, 3.63) is 35.4 Å². The second-order valence-corrected chi connectivity index (χ2v) is 4.25. The molecule has 1 rings (SSSR count). The Kier molecular flexibility index (Phi) is 4.50. The fourth-order valence-electron chi connectivity index (χ4n) is 1.68. The number of nitrogens with zero attached hydrogens (tertiary/aromatic N) is 1. The van der Waals surface area contributed by atoms with Gasteiger partial charge in [0.25, 0.3) is 5.91 Å². The van der Waals surface area contributed by atoms with Crippen molar-refractivity contribution < 1.29 is 4.79 Å². The van der Waals surface area contributed by atoms with Gasteiger partial charge in [-0.3, -0.25) is 4.79 Å². The first-order valence-corrected chi connectivity index (χ1v) is 5.64. The predicted molar refractivity (Wildman–Crippen MR) is 66.4 cm³/mol. The van der Waals surface area contributed by atoms with E-state index in [1.807, 2.05) is 45.0 Å². The van der Waals surface area contributed by atoms with Crippen molar-refractivity contribution in [1.82, 2.24) is 4.90 Å². The van der Waals surface area contributed by atoms with Crippen LogP contribution in [-0.4, -0.2) is 29.9 Å². The van der Waals surface area contributed by atoms with E-state index < -0.39 is 0 Å². The summed E-state index contributed by atoms with van der Waals surface area (Å²) < 4.78 is 0. The number of carbonyl (C=O) groups excluding carboxylic acids is 1. The van der Waals surface area contributed by atoms with E-state index in [4.69, 9.17) is 5.73 Å². The Labute approximate surface area is 97.2 Å². The first-order valence-electron chi connectivity index (χ1n) is 5.64. The first kappa shape index (κ1) is 12.7. The Morgan fingerprint density at radius 2 is 2.12 bits per heavy atom. The fraction of sp³-hybridized carbons (Fsp3) is 0.462. The van der Waals surface area contributed by atoms with Gasteiger partial charge in [-0.1, -0.05) is 17.7 Å². The Balaban J connectivity index is 2.90. The second kappa shape index (κ2) is 5.66. The lowest BCUT2D eigenvalue weighted by atomic mass is 10.1. The SMILES string of the molecule is Cc1cccc(C(=O)N(CCN)C(C)C)c1. The van der Waals surface area contributed by atoms with E-state index >= 15 is 0 Å². The number of carbonyl (C=O) groups is 1. The summed E-state index contributed by atoms with van der Waals surface area (Å²) in [6, 6.07) is 7.83. The summed E-state index contributed by atoms with van der Waals surface area (Å²) in [6.07, 6.45) is 0. The molecule has 1 amide bonds. The molecule has 0 aliphatic rings. The summed E-state index contributed by atoms with van der Waals surface area (Å²) >= 11 is 0. The van der Waals surface area contributed by atoms with E-state index in [1.165, 1.54) is 0 Å². The highest BCUT2D eigenvalue weighted by molar-refractivity contribution is 5.94. The molecule has 0 aliphatic heterocycles. The van der Waals surface area contributed by atoms with Gasteiger partial charge in [0.05, 0.1) is 0 Å². The third kappa shape index (κ3) is 3.07. The van der Waals surface area contributed by atoms with Crippen molar-refractivity contribution in [2.75, 3.05) is 13.1 Å². The highest BCUT2D eigenvalue weighted by atomic mass is 16.2. The average molecular weight is 220 g/mol. The quantitative estimate of drug-likeness (QED) is 0.841. The monoisotopic (exact) mass is 220 g/mol. The zero-order valence-corrected chi connectivity index (χ0v) is 10.2. The van der Waals surface area contributed by atoms with Crippen molar-refractivity contribution in [2.24, 2.45) is 5.73 Å². The molecule has 0 unspecified atom stereocenters. The lowest BCUT2D eigenvalue weighted by Crippen LogP contribution is -2.40. The molecule has 3 nitrogen and oxygen atoms in total. The Bertz CT molecular complexity index is 361. The van der Waals surface area contributed by atoms with Crippen LogP contribution in [0.4, 0.5) is 0 Å². The Morgan fingerprint density at radius 3 is 2.62 bits per heavy atom. The molecule has 88 valence electrons. The number of nitrogens with two attached hydrogens (primary N) is 1. The van der Waals surface area contributed by atoms with Crippen molar-refractivity contribution >= 4 is 5.91 Å². The highest BCUT2D eigenvalue weighted by Gasteiger charge is 2.17. The largest absolute Gasteiger partial charge is 0.335 e. The second-order valence-electron chi connectivity index (χ2n) is 4.25. The van der Waals surface area contributed by atoms with E-state index in [2.05, 4.69) is 0 Å². The number of benzene rings is 1. The molecule has 0 atom stereocenters. The van der Waals surface area contributed by atoms with Crippen LogP contribution in [0.2, 0.25) is 0 Å². The van der Waals surface area contributed by atoms with Crippen LogP contribution in [-0.2, 0) is 0 Å². The van der Waals surface area contributed by atoms with Gasteiger partial charge < -0.3 is 10.6 Å².